The van der Waals surface area contributed by atoms with Crippen LogP contribution in [0.4, 0.5) is 4.39 Å². The van der Waals surface area contributed by atoms with E-state index >= 15 is 0 Å². The van der Waals surface area contributed by atoms with Gasteiger partial charge in [-0.25, -0.2) is 4.39 Å². The molecule has 1 saturated heterocycles. The van der Waals surface area contributed by atoms with Crippen LogP contribution < -0.4 is 0 Å². The van der Waals surface area contributed by atoms with E-state index in [1.807, 2.05) is 48.5 Å². The summed E-state index contributed by atoms with van der Waals surface area (Å²) in [7, 11) is 0. The maximum Gasteiger partial charge on any atom is 0.256 e. The molecule has 30 heavy (non-hydrogen) atoms. The molecule has 3 aromatic rings. The number of hydrogen-bond donors (Lipinski definition) is 0. The van der Waals surface area contributed by atoms with E-state index in [9.17, 15) is 9.18 Å². The molecule has 0 aromatic heterocycles. The lowest BCUT2D eigenvalue weighted by atomic mass is 9.96. The van der Waals surface area contributed by atoms with Crippen LogP contribution >= 0.6 is 23.2 Å². The van der Waals surface area contributed by atoms with E-state index in [-0.39, 0.29) is 17.5 Å². The fraction of sp³-hybridized carbons (Fsp3) is 0.208. The van der Waals surface area contributed by atoms with Crippen LogP contribution in [0.15, 0.2) is 72.8 Å². The summed E-state index contributed by atoms with van der Waals surface area (Å²) in [5.41, 5.74) is 2.36. The Hall–Kier alpha value is -2.40. The van der Waals surface area contributed by atoms with Gasteiger partial charge in [0.2, 0.25) is 0 Å². The molecule has 3 nitrogen and oxygen atoms in total. The lowest BCUT2D eigenvalue weighted by Gasteiger charge is -2.40. The van der Waals surface area contributed by atoms with Gasteiger partial charge in [-0.1, -0.05) is 59.6 Å². The largest absolute Gasteiger partial charge is 0.336 e. The zero-order valence-electron chi connectivity index (χ0n) is 16.3. The highest BCUT2D eigenvalue weighted by Crippen LogP contribution is 2.31. The maximum atomic E-state index is 14.0. The van der Waals surface area contributed by atoms with Crippen molar-refractivity contribution in [1.82, 2.24) is 9.80 Å². The predicted molar refractivity (Wildman–Crippen MR) is 119 cm³/mol. The van der Waals surface area contributed by atoms with E-state index in [1.54, 1.807) is 17.0 Å². The molecular formula is C24H21Cl2FN2O. The highest BCUT2D eigenvalue weighted by Gasteiger charge is 2.29. The Balaban J connectivity index is 1.55. The molecule has 1 heterocycles. The normalized spacial score (nSPS) is 14.9. The average Bonchev–Trinajstić information content (AvgIpc) is 2.77. The first-order valence-corrected chi connectivity index (χ1v) is 10.6. The molecule has 0 bridgehead atoms. The van der Waals surface area contributed by atoms with Gasteiger partial charge in [-0.15, -0.1) is 0 Å². The molecule has 1 amide bonds. The lowest BCUT2D eigenvalue weighted by Crippen LogP contribution is -2.50. The van der Waals surface area contributed by atoms with E-state index in [4.69, 9.17) is 23.2 Å². The quantitative estimate of drug-likeness (QED) is 0.518. The van der Waals surface area contributed by atoms with Gasteiger partial charge in [-0.2, -0.15) is 0 Å². The minimum Gasteiger partial charge on any atom is -0.336 e. The van der Waals surface area contributed by atoms with Crippen molar-refractivity contribution in [2.24, 2.45) is 0 Å². The standard InChI is InChI=1S/C24H21Cl2FN2O/c25-19-9-5-17(6-10-19)23(18-7-11-20(26)12-8-18)28-13-15-29(16-14-28)24(30)21-3-1-2-4-22(21)27/h1-12,23H,13-16H2. The number of carbonyl (C=O) groups is 1. The smallest absolute Gasteiger partial charge is 0.256 e. The Morgan fingerprint density at radius 3 is 1.77 bits per heavy atom. The van der Waals surface area contributed by atoms with Crippen molar-refractivity contribution >= 4 is 29.1 Å². The molecule has 1 aliphatic heterocycles. The number of benzene rings is 3. The number of nitrogens with zero attached hydrogens (tertiary/aromatic N) is 2. The summed E-state index contributed by atoms with van der Waals surface area (Å²) in [6.45, 7) is 2.42. The van der Waals surface area contributed by atoms with Gasteiger partial charge in [0.1, 0.15) is 5.82 Å². The molecule has 0 aliphatic carbocycles. The first kappa shape index (κ1) is 20.9. The Morgan fingerprint density at radius 1 is 0.767 bits per heavy atom. The predicted octanol–water partition coefficient (Wildman–Crippen LogP) is 5.68. The van der Waals surface area contributed by atoms with Crippen molar-refractivity contribution in [3.63, 3.8) is 0 Å². The second-order valence-corrected chi connectivity index (χ2v) is 8.19. The van der Waals surface area contributed by atoms with Crippen LogP contribution in [0.1, 0.15) is 27.5 Å². The van der Waals surface area contributed by atoms with Crippen LogP contribution in [0, 0.1) is 5.82 Å². The fourth-order valence-corrected chi connectivity index (χ4v) is 4.14. The van der Waals surface area contributed by atoms with Gasteiger partial charge in [0.05, 0.1) is 11.6 Å². The Kier molecular flexibility index (Phi) is 6.38. The summed E-state index contributed by atoms with van der Waals surface area (Å²) < 4.78 is 14.0. The molecule has 0 saturated carbocycles. The van der Waals surface area contributed by atoms with E-state index in [0.717, 1.165) is 11.1 Å². The summed E-state index contributed by atoms with van der Waals surface area (Å²) in [5, 5.41) is 1.38. The van der Waals surface area contributed by atoms with Gasteiger partial charge in [0.15, 0.2) is 0 Å². The number of carbonyl (C=O) groups excluding carboxylic acids is 1. The molecule has 4 rings (SSSR count). The topological polar surface area (TPSA) is 23.6 Å². The first-order valence-electron chi connectivity index (χ1n) is 9.82. The summed E-state index contributed by atoms with van der Waals surface area (Å²) in [6.07, 6.45) is 0. The Morgan fingerprint density at radius 2 is 1.27 bits per heavy atom. The maximum absolute atomic E-state index is 14.0. The molecule has 6 heteroatoms. The van der Waals surface area contributed by atoms with Gasteiger partial charge in [0.25, 0.3) is 5.91 Å². The van der Waals surface area contributed by atoms with Crippen molar-refractivity contribution in [1.29, 1.82) is 0 Å². The van der Waals surface area contributed by atoms with Crippen molar-refractivity contribution in [2.45, 2.75) is 6.04 Å². The van der Waals surface area contributed by atoms with Crippen LogP contribution in [0.3, 0.4) is 0 Å². The van der Waals surface area contributed by atoms with Gasteiger partial charge in [-0.05, 0) is 47.5 Å². The Labute approximate surface area is 185 Å². The van der Waals surface area contributed by atoms with Crippen LogP contribution in [-0.2, 0) is 0 Å². The van der Waals surface area contributed by atoms with E-state index in [0.29, 0.717) is 36.2 Å². The summed E-state index contributed by atoms with van der Waals surface area (Å²) in [5.74, 6) is -0.743. The van der Waals surface area contributed by atoms with E-state index in [1.165, 1.54) is 12.1 Å². The van der Waals surface area contributed by atoms with E-state index < -0.39 is 5.82 Å². The van der Waals surface area contributed by atoms with Crippen LogP contribution in [0.5, 0.6) is 0 Å². The highest BCUT2D eigenvalue weighted by molar-refractivity contribution is 6.30. The molecule has 1 aliphatic rings. The highest BCUT2D eigenvalue weighted by atomic mass is 35.5. The zero-order valence-corrected chi connectivity index (χ0v) is 17.8. The molecule has 154 valence electrons. The van der Waals surface area contributed by atoms with Crippen LogP contribution in [0.2, 0.25) is 10.0 Å². The molecule has 0 spiro atoms. The average molecular weight is 443 g/mol. The van der Waals surface area contributed by atoms with Crippen LogP contribution in [0.25, 0.3) is 0 Å². The van der Waals surface area contributed by atoms with Gasteiger partial charge in [-0.3, -0.25) is 9.69 Å². The van der Waals surface area contributed by atoms with Crippen molar-refractivity contribution < 1.29 is 9.18 Å². The number of amides is 1. The van der Waals surface area contributed by atoms with Gasteiger partial charge >= 0.3 is 0 Å². The van der Waals surface area contributed by atoms with Crippen molar-refractivity contribution in [3.8, 4) is 0 Å². The molecular weight excluding hydrogens is 422 g/mol. The monoisotopic (exact) mass is 442 g/mol. The second kappa shape index (κ2) is 9.17. The summed E-state index contributed by atoms with van der Waals surface area (Å²) >= 11 is 12.2. The SMILES string of the molecule is O=C(c1ccccc1F)N1CCN(C(c2ccc(Cl)cc2)c2ccc(Cl)cc2)CC1. The summed E-state index contributed by atoms with van der Waals surface area (Å²) in [4.78, 5) is 16.8. The molecule has 0 unspecified atom stereocenters. The van der Waals surface area contributed by atoms with E-state index in [2.05, 4.69) is 4.90 Å². The Bertz CT molecular complexity index is 971. The number of halogens is 3. The third-order valence-corrected chi connectivity index (χ3v) is 5.95. The molecule has 0 atom stereocenters. The lowest BCUT2D eigenvalue weighted by molar-refractivity contribution is 0.0593. The zero-order chi connectivity index (χ0) is 21.1. The minimum atomic E-state index is -0.481. The first-order chi connectivity index (χ1) is 14.5. The number of rotatable bonds is 4. The van der Waals surface area contributed by atoms with Crippen molar-refractivity contribution in [3.05, 3.63) is 105 Å². The minimum absolute atomic E-state index is 0.0187. The van der Waals surface area contributed by atoms with Crippen LogP contribution in [-0.4, -0.2) is 41.9 Å². The molecule has 0 N–H and O–H groups in total. The number of hydrogen-bond acceptors (Lipinski definition) is 2. The second-order valence-electron chi connectivity index (χ2n) is 7.31. The third kappa shape index (κ3) is 4.51. The molecule has 1 fully saturated rings. The fourth-order valence-electron chi connectivity index (χ4n) is 3.89. The van der Waals surface area contributed by atoms with Gasteiger partial charge in [0, 0.05) is 36.2 Å². The third-order valence-electron chi connectivity index (χ3n) is 5.44. The van der Waals surface area contributed by atoms with Gasteiger partial charge < -0.3 is 4.90 Å². The van der Waals surface area contributed by atoms with Crippen molar-refractivity contribution in [2.75, 3.05) is 26.2 Å². The molecule has 3 aromatic carbocycles. The summed E-state index contributed by atoms with van der Waals surface area (Å²) in [6, 6.07) is 21.8. The number of piperazine rings is 1. The molecule has 0 radical (unpaired) electrons.